The van der Waals surface area contributed by atoms with E-state index in [2.05, 4.69) is 14.9 Å². The van der Waals surface area contributed by atoms with E-state index in [0.29, 0.717) is 12.2 Å². The molecule has 0 aliphatic carbocycles. The highest BCUT2D eigenvalue weighted by molar-refractivity contribution is 5.66. The van der Waals surface area contributed by atoms with Crippen molar-refractivity contribution in [2.45, 2.75) is 32.1 Å². The van der Waals surface area contributed by atoms with Crippen molar-refractivity contribution in [2.24, 2.45) is 0 Å². The molecule has 0 unspecified atom stereocenters. The van der Waals surface area contributed by atoms with Crippen molar-refractivity contribution < 1.29 is 9.90 Å². The standard InChI is InChI=1S/C12H17N3O2/c16-12(17)5-4-10-13-7-6-11(14-10)15-8-2-1-3-9-15/h6-7H,1-5,8-9H2,(H,16,17). The van der Waals surface area contributed by atoms with Crippen LogP contribution >= 0.6 is 0 Å². The molecule has 1 fully saturated rings. The third-order valence-electron chi connectivity index (χ3n) is 2.93. The number of aryl methyl sites for hydroxylation is 1. The zero-order chi connectivity index (χ0) is 12.1. The number of carboxylic acids is 1. The Bertz CT molecular complexity index is 389. The van der Waals surface area contributed by atoms with Crippen LogP contribution in [0.3, 0.4) is 0 Å². The van der Waals surface area contributed by atoms with Crippen LogP contribution in [0.15, 0.2) is 12.3 Å². The Kier molecular flexibility index (Phi) is 3.90. The van der Waals surface area contributed by atoms with E-state index in [1.165, 1.54) is 19.3 Å². The first kappa shape index (κ1) is 11.8. The van der Waals surface area contributed by atoms with Gasteiger partial charge in [0, 0.05) is 25.7 Å². The highest BCUT2D eigenvalue weighted by atomic mass is 16.4. The van der Waals surface area contributed by atoms with Crippen LogP contribution in [0, 0.1) is 0 Å². The molecule has 2 heterocycles. The van der Waals surface area contributed by atoms with Gasteiger partial charge in [-0.25, -0.2) is 9.97 Å². The normalized spacial score (nSPS) is 15.9. The predicted molar refractivity (Wildman–Crippen MR) is 64.1 cm³/mol. The molecule has 1 saturated heterocycles. The van der Waals surface area contributed by atoms with Crippen molar-refractivity contribution in [3.05, 3.63) is 18.1 Å². The molecule has 1 aliphatic heterocycles. The van der Waals surface area contributed by atoms with Gasteiger partial charge in [-0.2, -0.15) is 0 Å². The van der Waals surface area contributed by atoms with E-state index < -0.39 is 5.97 Å². The predicted octanol–water partition coefficient (Wildman–Crippen LogP) is 1.48. The van der Waals surface area contributed by atoms with E-state index in [4.69, 9.17) is 5.11 Å². The summed E-state index contributed by atoms with van der Waals surface area (Å²) >= 11 is 0. The Labute approximate surface area is 100 Å². The summed E-state index contributed by atoms with van der Waals surface area (Å²) in [4.78, 5) is 21.3. The van der Waals surface area contributed by atoms with Crippen molar-refractivity contribution in [1.29, 1.82) is 0 Å². The zero-order valence-electron chi connectivity index (χ0n) is 9.80. The molecule has 0 atom stereocenters. The maximum absolute atomic E-state index is 10.5. The molecule has 2 rings (SSSR count). The van der Waals surface area contributed by atoms with Crippen LogP contribution in [-0.2, 0) is 11.2 Å². The first-order chi connectivity index (χ1) is 8.25. The Morgan fingerprint density at radius 1 is 1.35 bits per heavy atom. The molecule has 0 amide bonds. The maximum atomic E-state index is 10.5. The van der Waals surface area contributed by atoms with E-state index in [1.807, 2.05) is 6.07 Å². The molecule has 0 saturated carbocycles. The third kappa shape index (κ3) is 3.41. The number of hydrogen-bond acceptors (Lipinski definition) is 4. The average molecular weight is 235 g/mol. The maximum Gasteiger partial charge on any atom is 0.303 e. The molecule has 92 valence electrons. The fourth-order valence-corrected chi connectivity index (χ4v) is 2.03. The molecule has 5 nitrogen and oxygen atoms in total. The van der Waals surface area contributed by atoms with Crippen LogP contribution in [0.25, 0.3) is 0 Å². The van der Waals surface area contributed by atoms with E-state index in [-0.39, 0.29) is 6.42 Å². The molecule has 1 N–H and O–H groups in total. The van der Waals surface area contributed by atoms with Gasteiger partial charge in [0.05, 0.1) is 6.42 Å². The van der Waals surface area contributed by atoms with Crippen LogP contribution in [0.2, 0.25) is 0 Å². The topological polar surface area (TPSA) is 66.3 Å². The molecular formula is C12H17N3O2. The molecule has 5 heteroatoms. The second kappa shape index (κ2) is 5.61. The number of piperidine rings is 1. The van der Waals surface area contributed by atoms with Gasteiger partial charge >= 0.3 is 5.97 Å². The number of rotatable bonds is 4. The fraction of sp³-hybridized carbons (Fsp3) is 0.583. The van der Waals surface area contributed by atoms with Crippen LogP contribution in [0.4, 0.5) is 5.82 Å². The summed E-state index contributed by atoms with van der Waals surface area (Å²) in [5.74, 6) is 0.743. The van der Waals surface area contributed by atoms with Gasteiger partial charge in [-0.3, -0.25) is 4.79 Å². The number of hydrogen-bond donors (Lipinski definition) is 1. The second-order valence-electron chi connectivity index (χ2n) is 4.27. The first-order valence-corrected chi connectivity index (χ1v) is 6.04. The minimum absolute atomic E-state index is 0.0868. The second-order valence-corrected chi connectivity index (χ2v) is 4.27. The van der Waals surface area contributed by atoms with Crippen LogP contribution in [0.5, 0.6) is 0 Å². The average Bonchev–Trinajstić information content (AvgIpc) is 2.38. The first-order valence-electron chi connectivity index (χ1n) is 6.04. The number of carboxylic acid groups (broad SMARTS) is 1. The van der Waals surface area contributed by atoms with E-state index in [0.717, 1.165) is 18.9 Å². The van der Waals surface area contributed by atoms with Gasteiger partial charge < -0.3 is 10.0 Å². The summed E-state index contributed by atoms with van der Waals surface area (Å²) in [5.41, 5.74) is 0. The Balaban J connectivity index is 2.02. The minimum Gasteiger partial charge on any atom is -0.481 e. The largest absolute Gasteiger partial charge is 0.481 e. The minimum atomic E-state index is -0.808. The van der Waals surface area contributed by atoms with Crippen LogP contribution in [0.1, 0.15) is 31.5 Å². The van der Waals surface area contributed by atoms with Gasteiger partial charge in [0.1, 0.15) is 11.6 Å². The van der Waals surface area contributed by atoms with E-state index in [1.54, 1.807) is 6.20 Å². The van der Waals surface area contributed by atoms with Gasteiger partial charge in [-0.15, -0.1) is 0 Å². The summed E-state index contributed by atoms with van der Waals surface area (Å²) < 4.78 is 0. The molecule has 0 bridgehead atoms. The Morgan fingerprint density at radius 2 is 2.12 bits per heavy atom. The number of nitrogens with zero attached hydrogens (tertiary/aromatic N) is 3. The molecule has 1 aromatic rings. The Hall–Kier alpha value is -1.65. The summed E-state index contributed by atoms with van der Waals surface area (Å²) in [6.45, 7) is 2.07. The van der Waals surface area contributed by atoms with Crippen molar-refractivity contribution in [3.63, 3.8) is 0 Å². The number of anilines is 1. The molecule has 1 aliphatic rings. The monoisotopic (exact) mass is 235 g/mol. The summed E-state index contributed by atoms with van der Waals surface area (Å²) in [7, 11) is 0. The van der Waals surface area contributed by atoms with Gasteiger partial charge in [0.15, 0.2) is 0 Å². The molecule has 1 aromatic heterocycles. The van der Waals surface area contributed by atoms with Crippen molar-refractivity contribution in [3.8, 4) is 0 Å². The lowest BCUT2D eigenvalue weighted by Gasteiger charge is -2.27. The van der Waals surface area contributed by atoms with Crippen molar-refractivity contribution >= 4 is 11.8 Å². The number of aromatic nitrogens is 2. The number of aliphatic carboxylic acids is 1. The van der Waals surface area contributed by atoms with Crippen molar-refractivity contribution in [2.75, 3.05) is 18.0 Å². The summed E-state index contributed by atoms with van der Waals surface area (Å²) in [6, 6.07) is 1.90. The van der Waals surface area contributed by atoms with Crippen LogP contribution < -0.4 is 4.90 Å². The lowest BCUT2D eigenvalue weighted by atomic mass is 10.1. The van der Waals surface area contributed by atoms with Crippen molar-refractivity contribution in [1.82, 2.24) is 9.97 Å². The SMILES string of the molecule is O=C(O)CCc1nccc(N2CCCCC2)n1. The quantitative estimate of drug-likeness (QED) is 0.856. The Morgan fingerprint density at radius 3 is 2.82 bits per heavy atom. The van der Waals surface area contributed by atoms with E-state index >= 15 is 0 Å². The highest BCUT2D eigenvalue weighted by Crippen LogP contribution is 2.17. The van der Waals surface area contributed by atoms with Gasteiger partial charge in [-0.1, -0.05) is 0 Å². The molecular weight excluding hydrogens is 218 g/mol. The van der Waals surface area contributed by atoms with E-state index in [9.17, 15) is 4.79 Å². The lowest BCUT2D eigenvalue weighted by Crippen LogP contribution is -2.30. The lowest BCUT2D eigenvalue weighted by molar-refractivity contribution is -0.137. The number of carbonyl (C=O) groups is 1. The highest BCUT2D eigenvalue weighted by Gasteiger charge is 2.12. The zero-order valence-corrected chi connectivity index (χ0v) is 9.80. The fourth-order valence-electron chi connectivity index (χ4n) is 2.03. The molecule has 17 heavy (non-hydrogen) atoms. The summed E-state index contributed by atoms with van der Waals surface area (Å²) in [6.07, 6.45) is 5.89. The molecule has 0 radical (unpaired) electrons. The third-order valence-corrected chi connectivity index (χ3v) is 2.93. The smallest absolute Gasteiger partial charge is 0.303 e. The van der Waals surface area contributed by atoms with Gasteiger partial charge in [0.2, 0.25) is 0 Å². The van der Waals surface area contributed by atoms with Gasteiger partial charge in [0.25, 0.3) is 0 Å². The van der Waals surface area contributed by atoms with Crippen LogP contribution in [-0.4, -0.2) is 34.1 Å². The molecule has 0 spiro atoms. The van der Waals surface area contributed by atoms with Gasteiger partial charge in [-0.05, 0) is 25.3 Å². The molecule has 0 aromatic carbocycles. The summed E-state index contributed by atoms with van der Waals surface area (Å²) in [5, 5.41) is 8.63.